The number of nitrogens with zero attached hydrogens (tertiary/aromatic N) is 1. The molecule has 3 aromatic rings. The van der Waals surface area contributed by atoms with Crippen LogP contribution in [-0.4, -0.2) is 17.5 Å². The molecule has 29 heavy (non-hydrogen) atoms. The number of carbonyl (C=O) groups excluding carboxylic acids is 1. The first-order chi connectivity index (χ1) is 13.9. The molecule has 1 aliphatic heterocycles. The zero-order valence-corrected chi connectivity index (χ0v) is 15.3. The zero-order chi connectivity index (χ0) is 20.4. The molecule has 0 radical (unpaired) electrons. The molecule has 7 heteroatoms. The Kier molecular flexibility index (Phi) is 4.96. The van der Waals surface area contributed by atoms with Crippen LogP contribution >= 0.6 is 0 Å². The van der Waals surface area contributed by atoms with Crippen molar-refractivity contribution < 1.29 is 22.7 Å². The summed E-state index contributed by atoms with van der Waals surface area (Å²) >= 11 is 0. The Bertz CT molecular complexity index is 1100. The third kappa shape index (κ3) is 4.08. The standard InChI is InChI=1S/C22H17F3N2O2/c23-22(24,25)16-6-7-18-14(4-2-10-29-20(18)12-16)11-21(28)27-19-5-1-3-15-13-26-9-8-17(15)19/h1,3,5-9,11-13H,2,4,10H2,(H,27,28)/b14-11+. The quantitative estimate of drug-likeness (QED) is 0.584. The van der Waals surface area contributed by atoms with Gasteiger partial charge in [-0.15, -0.1) is 0 Å². The van der Waals surface area contributed by atoms with Crippen molar-refractivity contribution in [3.05, 3.63) is 72.1 Å². The Labute approximate surface area is 165 Å². The van der Waals surface area contributed by atoms with Gasteiger partial charge in [-0.3, -0.25) is 9.78 Å². The van der Waals surface area contributed by atoms with Crippen LogP contribution < -0.4 is 10.1 Å². The van der Waals surface area contributed by atoms with Gasteiger partial charge in [-0.25, -0.2) is 0 Å². The van der Waals surface area contributed by atoms with Gasteiger partial charge in [0.2, 0.25) is 5.91 Å². The molecule has 2 aromatic carbocycles. The molecule has 0 atom stereocenters. The van der Waals surface area contributed by atoms with Gasteiger partial charge in [-0.2, -0.15) is 13.2 Å². The lowest BCUT2D eigenvalue weighted by Crippen LogP contribution is -2.09. The van der Waals surface area contributed by atoms with Gasteiger partial charge in [0.05, 0.1) is 12.2 Å². The van der Waals surface area contributed by atoms with Gasteiger partial charge in [0.15, 0.2) is 0 Å². The highest BCUT2D eigenvalue weighted by Gasteiger charge is 2.32. The Morgan fingerprint density at radius 3 is 2.86 bits per heavy atom. The molecule has 2 heterocycles. The normalized spacial score (nSPS) is 15.5. The number of nitrogens with one attached hydrogen (secondary N) is 1. The first kappa shape index (κ1) is 19.0. The molecule has 148 valence electrons. The van der Waals surface area contributed by atoms with E-state index >= 15 is 0 Å². The van der Waals surface area contributed by atoms with Crippen LogP contribution in [0.3, 0.4) is 0 Å². The molecule has 4 rings (SSSR count). The fourth-order valence-electron chi connectivity index (χ4n) is 3.37. The lowest BCUT2D eigenvalue weighted by Gasteiger charge is -2.13. The second-order valence-corrected chi connectivity index (χ2v) is 6.72. The van der Waals surface area contributed by atoms with Crippen LogP contribution in [0.15, 0.2) is 60.9 Å². The number of carbonyl (C=O) groups is 1. The van der Waals surface area contributed by atoms with E-state index < -0.39 is 11.7 Å². The van der Waals surface area contributed by atoms with Gasteiger partial charge >= 0.3 is 6.18 Å². The predicted molar refractivity (Wildman–Crippen MR) is 105 cm³/mol. The molecule has 0 aliphatic carbocycles. The summed E-state index contributed by atoms with van der Waals surface area (Å²) in [6.45, 7) is 0.295. The average Bonchev–Trinajstić information content (AvgIpc) is 2.89. The second kappa shape index (κ2) is 7.58. The number of benzene rings is 2. The van der Waals surface area contributed by atoms with Crippen molar-refractivity contribution in [2.24, 2.45) is 0 Å². The number of pyridine rings is 1. The Hall–Kier alpha value is -3.35. The average molecular weight is 398 g/mol. The third-order valence-electron chi connectivity index (χ3n) is 4.75. The molecule has 0 saturated carbocycles. The van der Waals surface area contributed by atoms with Gasteiger partial charge in [0, 0.05) is 40.5 Å². The largest absolute Gasteiger partial charge is 0.493 e. The number of ether oxygens (including phenoxy) is 1. The van der Waals surface area contributed by atoms with E-state index in [1.54, 1.807) is 18.5 Å². The van der Waals surface area contributed by atoms with E-state index in [1.807, 2.05) is 18.2 Å². The smallest absolute Gasteiger partial charge is 0.416 e. The predicted octanol–water partition coefficient (Wildman–Crippen LogP) is 5.45. The number of alkyl halides is 3. The zero-order valence-electron chi connectivity index (χ0n) is 15.3. The molecule has 0 unspecified atom stereocenters. The second-order valence-electron chi connectivity index (χ2n) is 6.72. The molecule has 0 fully saturated rings. The molecule has 1 N–H and O–H groups in total. The van der Waals surface area contributed by atoms with Gasteiger partial charge in [-0.1, -0.05) is 18.2 Å². The van der Waals surface area contributed by atoms with Gasteiger partial charge < -0.3 is 10.1 Å². The maximum absolute atomic E-state index is 13.0. The SMILES string of the molecule is O=C(/C=C1\CCCOc2cc(C(F)(F)F)ccc21)Nc1cccc2cnccc12. The highest BCUT2D eigenvalue weighted by atomic mass is 19.4. The van der Waals surface area contributed by atoms with Crippen LogP contribution in [0.5, 0.6) is 5.75 Å². The fourth-order valence-corrected chi connectivity index (χ4v) is 3.37. The van der Waals surface area contributed by atoms with Crippen LogP contribution in [0.4, 0.5) is 18.9 Å². The maximum Gasteiger partial charge on any atom is 0.416 e. The highest BCUT2D eigenvalue weighted by molar-refractivity contribution is 6.08. The number of hydrogen-bond donors (Lipinski definition) is 1. The lowest BCUT2D eigenvalue weighted by molar-refractivity contribution is -0.137. The molecule has 0 saturated heterocycles. The lowest BCUT2D eigenvalue weighted by atomic mass is 9.99. The number of amides is 1. The number of anilines is 1. The summed E-state index contributed by atoms with van der Waals surface area (Å²) < 4.78 is 44.5. The molecule has 1 aliphatic rings. The molecule has 0 spiro atoms. The van der Waals surface area contributed by atoms with E-state index in [4.69, 9.17) is 4.74 Å². The monoisotopic (exact) mass is 398 g/mol. The first-order valence-corrected chi connectivity index (χ1v) is 9.10. The maximum atomic E-state index is 13.0. The van der Waals surface area contributed by atoms with Crippen molar-refractivity contribution in [3.8, 4) is 5.75 Å². The van der Waals surface area contributed by atoms with Gasteiger partial charge in [0.1, 0.15) is 5.75 Å². The van der Waals surface area contributed by atoms with Crippen LogP contribution in [0.2, 0.25) is 0 Å². The van der Waals surface area contributed by atoms with E-state index in [1.165, 1.54) is 12.1 Å². The summed E-state index contributed by atoms with van der Waals surface area (Å²) in [5.41, 5.74) is 1.02. The number of halogens is 3. The Balaban J connectivity index is 1.65. The summed E-state index contributed by atoms with van der Waals surface area (Å²) in [4.78, 5) is 16.7. The number of rotatable bonds is 2. The molecular formula is C22H17F3N2O2. The van der Waals surface area contributed by atoms with Crippen LogP contribution in [0.25, 0.3) is 16.3 Å². The van der Waals surface area contributed by atoms with Crippen molar-refractivity contribution in [3.63, 3.8) is 0 Å². The number of aromatic nitrogens is 1. The minimum absolute atomic E-state index is 0.146. The first-order valence-electron chi connectivity index (χ1n) is 9.10. The van der Waals surface area contributed by atoms with E-state index in [0.717, 1.165) is 22.9 Å². The minimum atomic E-state index is -4.45. The van der Waals surface area contributed by atoms with Crippen LogP contribution in [0.1, 0.15) is 24.0 Å². The van der Waals surface area contributed by atoms with Crippen LogP contribution in [0, 0.1) is 0 Å². The van der Waals surface area contributed by atoms with Crippen LogP contribution in [-0.2, 0) is 11.0 Å². The van der Waals surface area contributed by atoms with Crippen molar-refractivity contribution >= 4 is 27.9 Å². The Morgan fingerprint density at radius 2 is 2.03 bits per heavy atom. The summed E-state index contributed by atoms with van der Waals surface area (Å²) in [6, 6.07) is 10.7. The topological polar surface area (TPSA) is 51.2 Å². The third-order valence-corrected chi connectivity index (χ3v) is 4.75. The number of hydrogen-bond acceptors (Lipinski definition) is 3. The van der Waals surface area contributed by atoms with Crippen molar-refractivity contribution in [2.75, 3.05) is 11.9 Å². The van der Waals surface area contributed by atoms with Gasteiger partial charge in [0.25, 0.3) is 0 Å². The van der Waals surface area contributed by atoms with E-state index in [2.05, 4.69) is 10.3 Å². The van der Waals surface area contributed by atoms with Gasteiger partial charge in [-0.05, 0) is 42.7 Å². The molecule has 0 bridgehead atoms. The number of allylic oxidation sites excluding steroid dienone is 1. The molecular weight excluding hydrogens is 381 g/mol. The van der Waals surface area contributed by atoms with E-state index in [-0.39, 0.29) is 11.7 Å². The summed E-state index contributed by atoms with van der Waals surface area (Å²) in [6.07, 6.45) is 1.48. The van der Waals surface area contributed by atoms with Crippen molar-refractivity contribution in [2.45, 2.75) is 19.0 Å². The molecule has 1 amide bonds. The summed E-state index contributed by atoms with van der Waals surface area (Å²) in [5.74, 6) is -0.204. The molecule has 4 nitrogen and oxygen atoms in total. The van der Waals surface area contributed by atoms with E-state index in [9.17, 15) is 18.0 Å². The van der Waals surface area contributed by atoms with Crippen molar-refractivity contribution in [1.29, 1.82) is 0 Å². The summed E-state index contributed by atoms with van der Waals surface area (Å²) in [5, 5.41) is 4.60. The molecule has 1 aromatic heterocycles. The minimum Gasteiger partial charge on any atom is -0.493 e. The van der Waals surface area contributed by atoms with E-state index in [0.29, 0.717) is 36.3 Å². The Morgan fingerprint density at radius 1 is 1.17 bits per heavy atom. The fraction of sp³-hybridized carbons (Fsp3) is 0.182. The highest BCUT2D eigenvalue weighted by Crippen LogP contribution is 2.38. The number of fused-ring (bicyclic) bond motifs is 2. The van der Waals surface area contributed by atoms with Crippen molar-refractivity contribution in [1.82, 2.24) is 4.98 Å². The summed E-state index contributed by atoms with van der Waals surface area (Å²) in [7, 11) is 0.